The zero-order valence-electron chi connectivity index (χ0n) is 13.0. The van der Waals surface area contributed by atoms with Crippen LogP contribution < -0.4 is 24.4 Å². The standard InChI is InChI=1S/C16H24N2O3/c1-19-14-8-12(9-15(20-2)16(14)21-3)18-7-6-17-13(10-18)11-4-5-11/h8-9,11,13,17H,4-7,10H2,1-3H3. The van der Waals surface area contributed by atoms with Gasteiger partial charge in [0, 0.05) is 43.5 Å². The Hall–Kier alpha value is -1.62. The van der Waals surface area contributed by atoms with E-state index in [2.05, 4.69) is 10.2 Å². The maximum Gasteiger partial charge on any atom is 0.203 e. The van der Waals surface area contributed by atoms with Crippen molar-refractivity contribution < 1.29 is 14.2 Å². The van der Waals surface area contributed by atoms with Gasteiger partial charge in [-0.15, -0.1) is 0 Å². The van der Waals surface area contributed by atoms with E-state index in [9.17, 15) is 0 Å². The number of rotatable bonds is 5. The molecule has 5 heteroatoms. The summed E-state index contributed by atoms with van der Waals surface area (Å²) >= 11 is 0. The van der Waals surface area contributed by atoms with Crippen molar-refractivity contribution in [2.45, 2.75) is 18.9 Å². The van der Waals surface area contributed by atoms with Crippen LogP contribution in [0.1, 0.15) is 12.8 Å². The summed E-state index contributed by atoms with van der Waals surface area (Å²) < 4.78 is 16.3. The number of benzene rings is 1. The van der Waals surface area contributed by atoms with E-state index >= 15 is 0 Å². The third-order valence-electron chi connectivity index (χ3n) is 4.41. The summed E-state index contributed by atoms with van der Waals surface area (Å²) in [5.74, 6) is 2.94. The second kappa shape index (κ2) is 6.02. The van der Waals surface area contributed by atoms with Gasteiger partial charge in [-0.1, -0.05) is 0 Å². The van der Waals surface area contributed by atoms with Crippen molar-refractivity contribution in [1.82, 2.24) is 5.32 Å². The van der Waals surface area contributed by atoms with E-state index in [-0.39, 0.29) is 0 Å². The molecule has 21 heavy (non-hydrogen) atoms. The van der Waals surface area contributed by atoms with Gasteiger partial charge in [0.2, 0.25) is 5.75 Å². The normalized spacial score (nSPS) is 22.0. The van der Waals surface area contributed by atoms with Crippen LogP contribution in [0.25, 0.3) is 0 Å². The first-order valence-corrected chi connectivity index (χ1v) is 7.55. The summed E-state index contributed by atoms with van der Waals surface area (Å²) in [4.78, 5) is 2.41. The molecule has 116 valence electrons. The van der Waals surface area contributed by atoms with Gasteiger partial charge in [-0.3, -0.25) is 0 Å². The molecule has 1 aliphatic heterocycles. The molecule has 1 aliphatic carbocycles. The first-order valence-electron chi connectivity index (χ1n) is 7.55. The molecule has 0 radical (unpaired) electrons. The van der Waals surface area contributed by atoms with E-state index in [0.717, 1.165) is 31.2 Å². The molecule has 1 aromatic rings. The highest BCUT2D eigenvalue weighted by Gasteiger charge is 2.34. The molecule has 0 bridgehead atoms. The molecule has 1 saturated heterocycles. The zero-order valence-corrected chi connectivity index (χ0v) is 13.0. The predicted octanol–water partition coefficient (Wildman–Crippen LogP) is 1.90. The Morgan fingerprint density at radius 1 is 1.05 bits per heavy atom. The number of anilines is 1. The molecule has 2 fully saturated rings. The third kappa shape index (κ3) is 2.88. The molecule has 1 saturated carbocycles. The number of ether oxygens (including phenoxy) is 3. The van der Waals surface area contributed by atoms with Crippen LogP contribution in [0.4, 0.5) is 5.69 Å². The van der Waals surface area contributed by atoms with E-state index in [1.54, 1.807) is 21.3 Å². The fourth-order valence-electron chi connectivity index (χ4n) is 3.08. The maximum atomic E-state index is 5.45. The van der Waals surface area contributed by atoms with Gasteiger partial charge < -0.3 is 24.4 Å². The van der Waals surface area contributed by atoms with Crippen LogP contribution in [-0.4, -0.2) is 47.0 Å². The van der Waals surface area contributed by atoms with E-state index in [4.69, 9.17) is 14.2 Å². The van der Waals surface area contributed by atoms with E-state index in [0.29, 0.717) is 23.3 Å². The SMILES string of the molecule is COc1cc(N2CCNC(C3CC3)C2)cc(OC)c1OC. The summed E-state index contributed by atoms with van der Waals surface area (Å²) in [6.07, 6.45) is 2.72. The third-order valence-corrected chi connectivity index (χ3v) is 4.41. The molecule has 5 nitrogen and oxygen atoms in total. The molecule has 2 aliphatic rings. The second-order valence-electron chi connectivity index (χ2n) is 5.73. The number of hydrogen-bond donors (Lipinski definition) is 1. The van der Waals surface area contributed by atoms with Gasteiger partial charge in [-0.25, -0.2) is 0 Å². The highest BCUT2D eigenvalue weighted by atomic mass is 16.5. The number of nitrogens with one attached hydrogen (secondary N) is 1. The number of hydrogen-bond acceptors (Lipinski definition) is 5. The van der Waals surface area contributed by atoms with Gasteiger partial charge in [0.05, 0.1) is 21.3 Å². The van der Waals surface area contributed by atoms with Gasteiger partial charge in [-0.2, -0.15) is 0 Å². The lowest BCUT2D eigenvalue weighted by Crippen LogP contribution is -2.51. The van der Waals surface area contributed by atoms with Crippen LogP contribution in [0.5, 0.6) is 17.2 Å². The van der Waals surface area contributed by atoms with Gasteiger partial charge in [-0.05, 0) is 18.8 Å². The summed E-state index contributed by atoms with van der Waals surface area (Å²) in [7, 11) is 4.95. The minimum absolute atomic E-state index is 0.609. The Kier molecular flexibility index (Phi) is 4.10. The fraction of sp³-hybridized carbons (Fsp3) is 0.625. The lowest BCUT2D eigenvalue weighted by Gasteiger charge is -2.36. The molecule has 0 spiro atoms. The second-order valence-corrected chi connectivity index (χ2v) is 5.73. The van der Waals surface area contributed by atoms with Crippen molar-refractivity contribution in [3.63, 3.8) is 0 Å². The van der Waals surface area contributed by atoms with Gasteiger partial charge in [0.25, 0.3) is 0 Å². The Bertz CT molecular complexity index is 477. The lowest BCUT2D eigenvalue weighted by atomic mass is 10.1. The van der Waals surface area contributed by atoms with Crippen LogP contribution in [-0.2, 0) is 0 Å². The first-order chi connectivity index (χ1) is 10.3. The van der Waals surface area contributed by atoms with Gasteiger partial charge in [0.1, 0.15) is 0 Å². The van der Waals surface area contributed by atoms with Crippen LogP contribution >= 0.6 is 0 Å². The lowest BCUT2D eigenvalue weighted by molar-refractivity contribution is 0.324. The molecule has 1 aromatic carbocycles. The molecule has 1 heterocycles. The van der Waals surface area contributed by atoms with Crippen molar-refractivity contribution in [2.75, 3.05) is 45.9 Å². The van der Waals surface area contributed by atoms with Crippen molar-refractivity contribution in [1.29, 1.82) is 0 Å². The average Bonchev–Trinajstić information content (AvgIpc) is 3.38. The highest BCUT2D eigenvalue weighted by Crippen LogP contribution is 2.42. The monoisotopic (exact) mass is 292 g/mol. The zero-order chi connectivity index (χ0) is 14.8. The number of methoxy groups -OCH3 is 3. The fourth-order valence-corrected chi connectivity index (χ4v) is 3.08. The summed E-state index contributed by atoms with van der Waals surface area (Å²) in [6, 6.07) is 4.69. The van der Waals surface area contributed by atoms with Gasteiger partial charge >= 0.3 is 0 Å². The molecule has 1 atom stereocenters. The highest BCUT2D eigenvalue weighted by molar-refractivity contribution is 5.63. The Labute approximate surface area is 126 Å². The molecule has 0 aromatic heterocycles. The molecule has 0 amide bonds. The minimum atomic E-state index is 0.609. The summed E-state index contributed by atoms with van der Waals surface area (Å²) in [6.45, 7) is 3.07. The average molecular weight is 292 g/mol. The quantitative estimate of drug-likeness (QED) is 0.898. The van der Waals surface area contributed by atoms with E-state index in [1.165, 1.54) is 12.8 Å². The van der Waals surface area contributed by atoms with E-state index in [1.807, 2.05) is 12.1 Å². The Balaban J connectivity index is 1.86. The van der Waals surface area contributed by atoms with Crippen LogP contribution in [0.3, 0.4) is 0 Å². The molecular weight excluding hydrogens is 268 g/mol. The Morgan fingerprint density at radius 2 is 1.71 bits per heavy atom. The number of piperazine rings is 1. The largest absolute Gasteiger partial charge is 0.493 e. The predicted molar refractivity (Wildman–Crippen MR) is 82.8 cm³/mol. The van der Waals surface area contributed by atoms with Crippen molar-refractivity contribution >= 4 is 5.69 Å². The molecule has 1 N–H and O–H groups in total. The van der Waals surface area contributed by atoms with Crippen LogP contribution in [0, 0.1) is 5.92 Å². The summed E-state index contributed by atoms with van der Waals surface area (Å²) in [5, 5.41) is 3.63. The summed E-state index contributed by atoms with van der Waals surface area (Å²) in [5.41, 5.74) is 1.14. The molecule has 3 rings (SSSR count). The minimum Gasteiger partial charge on any atom is -0.493 e. The van der Waals surface area contributed by atoms with E-state index < -0.39 is 0 Å². The molecular formula is C16H24N2O3. The maximum absolute atomic E-state index is 5.45. The van der Waals surface area contributed by atoms with Crippen molar-refractivity contribution in [3.8, 4) is 17.2 Å². The first kappa shape index (κ1) is 14.3. The van der Waals surface area contributed by atoms with Crippen LogP contribution in [0.15, 0.2) is 12.1 Å². The smallest absolute Gasteiger partial charge is 0.203 e. The topological polar surface area (TPSA) is 43.0 Å². The van der Waals surface area contributed by atoms with Crippen molar-refractivity contribution in [3.05, 3.63) is 12.1 Å². The van der Waals surface area contributed by atoms with Gasteiger partial charge in [0.15, 0.2) is 11.5 Å². The van der Waals surface area contributed by atoms with Crippen LogP contribution in [0.2, 0.25) is 0 Å². The van der Waals surface area contributed by atoms with Crippen molar-refractivity contribution in [2.24, 2.45) is 5.92 Å². The Morgan fingerprint density at radius 3 is 2.24 bits per heavy atom. The number of nitrogens with zero attached hydrogens (tertiary/aromatic N) is 1. The molecule has 1 unspecified atom stereocenters.